The predicted octanol–water partition coefficient (Wildman–Crippen LogP) is 4.34. The van der Waals surface area contributed by atoms with Crippen LogP contribution >= 0.6 is 0 Å². The van der Waals surface area contributed by atoms with Crippen LogP contribution in [0.15, 0.2) is 66.9 Å². The summed E-state index contributed by atoms with van der Waals surface area (Å²) in [5.74, 6) is 0.229. The van der Waals surface area contributed by atoms with E-state index in [1.807, 2.05) is 0 Å². The Hall–Kier alpha value is -2.68. The predicted molar refractivity (Wildman–Crippen MR) is 108 cm³/mol. The fraction of sp³-hybridized carbons (Fsp3) is 0.273. The standard InChI is InChI=1S/C22H27N3/c1-23(2)19-12-8-17(9-13-19)22(21-7-6-16-25(21)5)18-10-14-20(15-11-18)24(3)4/h6-16,22H,1-5H3. The second-order valence-corrected chi connectivity index (χ2v) is 6.95. The van der Waals surface area contributed by atoms with Crippen molar-refractivity contribution < 1.29 is 0 Å². The molecule has 1 heterocycles. The summed E-state index contributed by atoms with van der Waals surface area (Å²) in [6, 6.07) is 22.1. The Morgan fingerprint density at radius 2 is 1.12 bits per heavy atom. The molecule has 1 aromatic heterocycles. The number of rotatable bonds is 5. The molecule has 0 amide bonds. The Kier molecular flexibility index (Phi) is 4.84. The molecule has 0 fully saturated rings. The van der Waals surface area contributed by atoms with Crippen molar-refractivity contribution in [2.45, 2.75) is 5.92 Å². The molecule has 130 valence electrons. The van der Waals surface area contributed by atoms with Crippen LogP contribution in [0.3, 0.4) is 0 Å². The Bertz CT molecular complexity index is 760. The topological polar surface area (TPSA) is 11.4 Å². The van der Waals surface area contributed by atoms with Crippen molar-refractivity contribution in [3.8, 4) is 0 Å². The molecule has 2 aromatic carbocycles. The lowest BCUT2D eigenvalue weighted by atomic mass is 9.88. The van der Waals surface area contributed by atoms with Crippen LogP contribution in [-0.2, 0) is 7.05 Å². The minimum atomic E-state index is 0.229. The fourth-order valence-electron chi connectivity index (χ4n) is 3.24. The summed E-state index contributed by atoms with van der Waals surface area (Å²) < 4.78 is 2.21. The molecule has 0 bridgehead atoms. The van der Waals surface area contributed by atoms with Gasteiger partial charge in [-0.25, -0.2) is 0 Å². The number of hydrogen-bond acceptors (Lipinski definition) is 2. The molecule has 0 aliphatic rings. The smallest absolute Gasteiger partial charge is 0.0492 e. The first-order valence-electron chi connectivity index (χ1n) is 8.63. The van der Waals surface area contributed by atoms with Gasteiger partial charge < -0.3 is 14.4 Å². The van der Waals surface area contributed by atoms with E-state index in [0.717, 1.165) is 0 Å². The van der Waals surface area contributed by atoms with Crippen LogP contribution in [0.2, 0.25) is 0 Å². The normalized spacial score (nSPS) is 11.0. The van der Waals surface area contributed by atoms with E-state index in [1.54, 1.807) is 0 Å². The van der Waals surface area contributed by atoms with E-state index >= 15 is 0 Å². The SMILES string of the molecule is CN(C)c1ccc(C(c2ccc(N(C)C)cc2)c2cccn2C)cc1. The van der Waals surface area contributed by atoms with Crippen molar-refractivity contribution in [3.05, 3.63) is 83.7 Å². The molecule has 0 radical (unpaired) electrons. The number of nitrogens with zero attached hydrogens (tertiary/aromatic N) is 3. The molecule has 0 saturated carbocycles. The molecule has 0 atom stereocenters. The summed E-state index contributed by atoms with van der Waals surface area (Å²) >= 11 is 0. The highest BCUT2D eigenvalue weighted by molar-refractivity contribution is 5.52. The van der Waals surface area contributed by atoms with Gasteiger partial charge in [-0.15, -0.1) is 0 Å². The lowest BCUT2D eigenvalue weighted by Gasteiger charge is -2.22. The minimum Gasteiger partial charge on any atom is -0.378 e. The van der Waals surface area contributed by atoms with Crippen molar-refractivity contribution in [2.75, 3.05) is 38.0 Å². The second-order valence-electron chi connectivity index (χ2n) is 6.95. The summed E-state index contributed by atoms with van der Waals surface area (Å²) in [6.45, 7) is 0. The number of benzene rings is 2. The maximum Gasteiger partial charge on any atom is 0.0492 e. The molecule has 3 aromatic rings. The van der Waals surface area contributed by atoms with E-state index in [4.69, 9.17) is 0 Å². The van der Waals surface area contributed by atoms with Gasteiger partial charge in [0.2, 0.25) is 0 Å². The molecule has 0 aliphatic carbocycles. The van der Waals surface area contributed by atoms with Gasteiger partial charge >= 0.3 is 0 Å². The molecule has 0 saturated heterocycles. The Morgan fingerprint density at radius 1 is 0.680 bits per heavy atom. The van der Waals surface area contributed by atoms with E-state index in [0.29, 0.717) is 0 Å². The van der Waals surface area contributed by atoms with Crippen LogP contribution in [0.5, 0.6) is 0 Å². The molecule has 3 heteroatoms. The van der Waals surface area contributed by atoms with Crippen molar-refractivity contribution in [3.63, 3.8) is 0 Å². The Balaban J connectivity index is 2.05. The quantitative estimate of drug-likeness (QED) is 0.688. The average Bonchev–Trinajstić information content (AvgIpc) is 3.02. The van der Waals surface area contributed by atoms with Crippen molar-refractivity contribution in [2.24, 2.45) is 7.05 Å². The van der Waals surface area contributed by atoms with E-state index in [9.17, 15) is 0 Å². The largest absolute Gasteiger partial charge is 0.378 e. The van der Waals surface area contributed by atoms with Crippen LogP contribution in [-0.4, -0.2) is 32.8 Å². The van der Waals surface area contributed by atoms with Crippen molar-refractivity contribution in [1.82, 2.24) is 4.57 Å². The van der Waals surface area contributed by atoms with Gasteiger partial charge in [-0.1, -0.05) is 24.3 Å². The monoisotopic (exact) mass is 333 g/mol. The highest BCUT2D eigenvalue weighted by Crippen LogP contribution is 2.33. The van der Waals surface area contributed by atoms with Gasteiger partial charge in [-0.05, 0) is 47.5 Å². The average molecular weight is 333 g/mol. The lowest BCUT2D eigenvalue weighted by molar-refractivity contribution is 0.794. The zero-order valence-corrected chi connectivity index (χ0v) is 15.8. The maximum absolute atomic E-state index is 2.24. The summed E-state index contributed by atoms with van der Waals surface area (Å²) in [5.41, 5.74) is 6.36. The molecule has 0 aliphatic heterocycles. The van der Waals surface area contributed by atoms with Crippen LogP contribution in [0, 0.1) is 0 Å². The third-order valence-electron chi connectivity index (χ3n) is 4.77. The van der Waals surface area contributed by atoms with E-state index in [-0.39, 0.29) is 5.92 Å². The van der Waals surface area contributed by atoms with Gasteiger partial charge in [-0.3, -0.25) is 0 Å². The zero-order valence-electron chi connectivity index (χ0n) is 15.8. The van der Waals surface area contributed by atoms with Crippen molar-refractivity contribution in [1.29, 1.82) is 0 Å². The summed E-state index contributed by atoms with van der Waals surface area (Å²) in [5, 5.41) is 0. The number of hydrogen-bond donors (Lipinski definition) is 0. The third-order valence-corrected chi connectivity index (χ3v) is 4.77. The van der Waals surface area contributed by atoms with Gasteiger partial charge in [0, 0.05) is 64.4 Å². The van der Waals surface area contributed by atoms with Crippen LogP contribution in [0.1, 0.15) is 22.7 Å². The highest BCUT2D eigenvalue weighted by atomic mass is 15.1. The number of aryl methyl sites for hydroxylation is 1. The molecule has 0 N–H and O–H groups in total. The fourth-order valence-corrected chi connectivity index (χ4v) is 3.24. The van der Waals surface area contributed by atoms with Gasteiger partial charge in [0.25, 0.3) is 0 Å². The van der Waals surface area contributed by atoms with Gasteiger partial charge in [0.1, 0.15) is 0 Å². The molecule has 0 unspecified atom stereocenters. The Labute approximate surface area is 151 Å². The molecule has 25 heavy (non-hydrogen) atoms. The van der Waals surface area contributed by atoms with Crippen molar-refractivity contribution >= 4 is 11.4 Å². The second kappa shape index (κ2) is 7.06. The number of aromatic nitrogens is 1. The summed E-state index contributed by atoms with van der Waals surface area (Å²) in [6.07, 6.45) is 2.12. The molecule has 3 nitrogen and oxygen atoms in total. The van der Waals surface area contributed by atoms with Gasteiger partial charge in [-0.2, -0.15) is 0 Å². The molecular formula is C22H27N3. The number of anilines is 2. The zero-order chi connectivity index (χ0) is 18.0. The van der Waals surface area contributed by atoms with Gasteiger partial charge in [0.15, 0.2) is 0 Å². The summed E-state index contributed by atoms with van der Waals surface area (Å²) in [4.78, 5) is 4.26. The maximum atomic E-state index is 2.24. The first-order chi connectivity index (χ1) is 12.0. The Morgan fingerprint density at radius 3 is 1.44 bits per heavy atom. The van der Waals surface area contributed by atoms with Gasteiger partial charge in [0.05, 0.1) is 0 Å². The van der Waals surface area contributed by atoms with E-state index in [2.05, 4.69) is 116 Å². The molecule has 0 spiro atoms. The lowest BCUT2D eigenvalue weighted by Crippen LogP contribution is -2.11. The highest BCUT2D eigenvalue weighted by Gasteiger charge is 2.19. The van der Waals surface area contributed by atoms with Crippen LogP contribution < -0.4 is 9.80 Å². The molecular weight excluding hydrogens is 306 g/mol. The van der Waals surface area contributed by atoms with E-state index < -0.39 is 0 Å². The van der Waals surface area contributed by atoms with Crippen LogP contribution in [0.25, 0.3) is 0 Å². The first-order valence-corrected chi connectivity index (χ1v) is 8.63. The minimum absolute atomic E-state index is 0.229. The molecule has 3 rings (SSSR count). The van der Waals surface area contributed by atoms with E-state index in [1.165, 1.54) is 28.2 Å². The first kappa shape index (κ1) is 17.2. The third kappa shape index (κ3) is 3.55. The summed E-state index contributed by atoms with van der Waals surface area (Å²) in [7, 11) is 10.4. The van der Waals surface area contributed by atoms with Crippen LogP contribution in [0.4, 0.5) is 11.4 Å².